The summed E-state index contributed by atoms with van der Waals surface area (Å²) in [6.07, 6.45) is 2.16. The van der Waals surface area contributed by atoms with E-state index in [9.17, 15) is 9.59 Å². The van der Waals surface area contributed by atoms with E-state index in [1.165, 1.54) is 0 Å². The smallest absolute Gasteiger partial charge is 0.272 e. The van der Waals surface area contributed by atoms with Gasteiger partial charge in [0.25, 0.3) is 11.8 Å². The van der Waals surface area contributed by atoms with Crippen molar-refractivity contribution in [2.45, 2.75) is 12.0 Å². The van der Waals surface area contributed by atoms with Crippen molar-refractivity contribution in [1.29, 1.82) is 0 Å². The third kappa shape index (κ3) is 1.85. The Morgan fingerprint density at radius 3 is 2.95 bits per heavy atom. The fourth-order valence-electron chi connectivity index (χ4n) is 2.56. The third-order valence-electron chi connectivity index (χ3n) is 3.53. The molecule has 2 saturated heterocycles. The van der Waals surface area contributed by atoms with Gasteiger partial charge in [-0.2, -0.15) is 0 Å². The van der Waals surface area contributed by atoms with Crippen molar-refractivity contribution in [3.63, 3.8) is 0 Å². The minimum absolute atomic E-state index is 0.117. The van der Waals surface area contributed by atoms with Crippen molar-refractivity contribution in [2.75, 3.05) is 13.1 Å². The lowest BCUT2D eigenvalue weighted by Gasteiger charge is -2.21. The van der Waals surface area contributed by atoms with E-state index >= 15 is 0 Å². The third-order valence-corrected chi connectivity index (χ3v) is 3.53. The van der Waals surface area contributed by atoms with Crippen LogP contribution < -0.4 is 10.6 Å². The molecule has 0 aromatic carbocycles. The molecular weight excluding hydrogens is 244 g/mol. The summed E-state index contributed by atoms with van der Waals surface area (Å²) < 4.78 is 0. The van der Waals surface area contributed by atoms with E-state index in [0.717, 1.165) is 0 Å². The van der Waals surface area contributed by atoms with Crippen LogP contribution in [0.25, 0.3) is 0 Å². The number of nitrogens with one attached hydrogen (secondary N) is 2. The summed E-state index contributed by atoms with van der Waals surface area (Å²) in [5, 5.41) is 5.70. The monoisotopic (exact) mass is 258 g/mol. The summed E-state index contributed by atoms with van der Waals surface area (Å²) in [4.78, 5) is 29.9. The summed E-state index contributed by atoms with van der Waals surface area (Å²) in [5.74, 6) is 0.232. The zero-order valence-corrected chi connectivity index (χ0v) is 10.3. The highest BCUT2D eigenvalue weighted by atomic mass is 16.2. The minimum Gasteiger partial charge on any atom is -0.356 e. The number of likely N-dealkylation sites (tertiary alicyclic amines) is 1. The topological polar surface area (TPSA) is 74.3 Å². The zero-order chi connectivity index (χ0) is 13.5. The molecule has 3 heterocycles. The summed E-state index contributed by atoms with van der Waals surface area (Å²) in [7, 11) is 0. The lowest BCUT2D eigenvalue weighted by atomic mass is 9.99. The quantitative estimate of drug-likeness (QED) is 0.735. The molecule has 2 amide bonds. The molecule has 1 aromatic heterocycles. The van der Waals surface area contributed by atoms with Crippen molar-refractivity contribution >= 4 is 11.8 Å². The first kappa shape index (κ1) is 11.7. The van der Waals surface area contributed by atoms with Crippen LogP contribution in [0.2, 0.25) is 0 Å². The zero-order valence-electron chi connectivity index (χ0n) is 10.3. The number of hydrogen-bond donors (Lipinski definition) is 2. The van der Waals surface area contributed by atoms with Crippen LogP contribution in [0.1, 0.15) is 16.9 Å². The van der Waals surface area contributed by atoms with E-state index in [1.807, 2.05) is 0 Å². The average molecular weight is 258 g/mol. The molecule has 6 nitrogen and oxygen atoms in total. The van der Waals surface area contributed by atoms with Gasteiger partial charge in [0.05, 0.1) is 12.4 Å². The molecule has 3 rings (SSSR count). The Balaban J connectivity index is 1.78. The van der Waals surface area contributed by atoms with Gasteiger partial charge in [0.2, 0.25) is 0 Å². The molecule has 19 heavy (non-hydrogen) atoms. The van der Waals surface area contributed by atoms with Gasteiger partial charge in [-0.25, -0.2) is 0 Å². The summed E-state index contributed by atoms with van der Waals surface area (Å²) in [5.41, 5.74) is -0.321. The standard InChI is InChI=1S/C13H14N4O2/c1-9-15-12(19)13(16-9)5-7-17(8-13)11(18)10-4-2-3-6-14-10/h2-4,6,16H,1,5,7-8H2,(H,15,19). The van der Waals surface area contributed by atoms with Crippen LogP contribution in [0.4, 0.5) is 0 Å². The molecule has 0 aliphatic carbocycles. The Morgan fingerprint density at radius 1 is 1.47 bits per heavy atom. The van der Waals surface area contributed by atoms with E-state index in [4.69, 9.17) is 0 Å². The Bertz CT molecular complexity index is 557. The van der Waals surface area contributed by atoms with Crippen molar-refractivity contribution in [1.82, 2.24) is 20.5 Å². The first-order valence-electron chi connectivity index (χ1n) is 6.10. The van der Waals surface area contributed by atoms with E-state index in [1.54, 1.807) is 29.3 Å². The number of rotatable bonds is 1. The van der Waals surface area contributed by atoms with Crippen LogP contribution >= 0.6 is 0 Å². The molecule has 1 spiro atoms. The lowest BCUT2D eigenvalue weighted by molar-refractivity contribution is -0.123. The molecular formula is C13H14N4O2. The molecule has 1 atom stereocenters. The van der Waals surface area contributed by atoms with Crippen molar-refractivity contribution in [3.05, 3.63) is 42.5 Å². The van der Waals surface area contributed by atoms with Crippen LogP contribution in [0, 0.1) is 0 Å². The van der Waals surface area contributed by atoms with Gasteiger partial charge in [-0.05, 0) is 18.6 Å². The second-order valence-electron chi connectivity index (χ2n) is 4.83. The van der Waals surface area contributed by atoms with E-state index in [0.29, 0.717) is 31.0 Å². The van der Waals surface area contributed by atoms with Crippen LogP contribution in [0.3, 0.4) is 0 Å². The van der Waals surface area contributed by atoms with Gasteiger partial charge >= 0.3 is 0 Å². The van der Waals surface area contributed by atoms with E-state index in [-0.39, 0.29) is 11.8 Å². The highest BCUT2D eigenvalue weighted by molar-refractivity contribution is 5.96. The average Bonchev–Trinajstić information content (AvgIpc) is 2.95. The Morgan fingerprint density at radius 2 is 2.32 bits per heavy atom. The summed E-state index contributed by atoms with van der Waals surface area (Å²) in [6, 6.07) is 5.21. The van der Waals surface area contributed by atoms with Gasteiger partial charge in [-0.15, -0.1) is 0 Å². The SMILES string of the molecule is C=C1NC(=O)C2(CCN(C(=O)c3ccccn3)C2)N1. The largest absolute Gasteiger partial charge is 0.356 e. The van der Waals surface area contributed by atoms with Crippen molar-refractivity contribution < 1.29 is 9.59 Å². The van der Waals surface area contributed by atoms with Gasteiger partial charge in [-0.1, -0.05) is 12.6 Å². The molecule has 6 heteroatoms. The second kappa shape index (κ2) is 4.08. The molecule has 2 aliphatic heterocycles. The molecule has 0 bridgehead atoms. The van der Waals surface area contributed by atoms with Crippen LogP contribution in [-0.4, -0.2) is 40.3 Å². The molecule has 0 radical (unpaired) electrons. The second-order valence-corrected chi connectivity index (χ2v) is 4.83. The number of aromatic nitrogens is 1. The van der Waals surface area contributed by atoms with Crippen LogP contribution in [0.15, 0.2) is 36.8 Å². The predicted molar refractivity (Wildman–Crippen MR) is 67.9 cm³/mol. The molecule has 2 N–H and O–H groups in total. The molecule has 98 valence electrons. The number of nitrogens with zero attached hydrogens (tertiary/aromatic N) is 2. The van der Waals surface area contributed by atoms with E-state index < -0.39 is 5.54 Å². The first-order valence-corrected chi connectivity index (χ1v) is 6.10. The fraction of sp³-hybridized carbons (Fsp3) is 0.308. The molecule has 1 unspecified atom stereocenters. The number of carbonyl (C=O) groups is 2. The number of amides is 2. The normalized spacial score (nSPS) is 25.6. The molecule has 2 fully saturated rings. The van der Waals surface area contributed by atoms with Crippen LogP contribution in [0.5, 0.6) is 0 Å². The van der Waals surface area contributed by atoms with Gasteiger partial charge in [-0.3, -0.25) is 14.6 Å². The number of pyridine rings is 1. The fourth-order valence-corrected chi connectivity index (χ4v) is 2.56. The number of hydrogen-bond acceptors (Lipinski definition) is 4. The van der Waals surface area contributed by atoms with Crippen molar-refractivity contribution in [3.8, 4) is 0 Å². The molecule has 0 saturated carbocycles. The Kier molecular flexibility index (Phi) is 2.51. The van der Waals surface area contributed by atoms with Crippen LogP contribution in [-0.2, 0) is 4.79 Å². The lowest BCUT2D eigenvalue weighted by Crippen LogP contribution is -2.49. The molecule has 1 aromatic rings. The maximum atomic E-state index is 12.3. The van der Waals surface area contributed by atoms with Gasteiger partial charge < -0.3 is 15.5 Å². The van der Waals surface area contributed by atoms with Gasteiger partial charge in [0.1, 0.15) is 11.2 Å². The van der Waals surface area contributed by atoms with Gasteiger partial charge in [0.15, 0.2) is 0 Å². The van der Waals surface area contributed by atoms with E-state index in [2.05, 4.69) is 22.2 Å². The maximum Gasteiger partial charge on any atom is 0.272 e. The first-order chi connectivity index (χ1) is 9.11. The summed E-state index contributed by atoms with van der Waals surface area (Å²) >= 11 is 0. The highest BCUT2D eigenvalue weighted by Crippen LogP contribution is 2.27. The number of carbonyl (C=O) groups excluding carboxylic acids is 2. The predicted octanol–water partition coefficient (Wildman–Crippen LogP) is -0.143. The summed E-state index contributed by atoms with van der Waals surface area (Å²) in [6.45, 7) is 4.56. The highest BCUT2D eigenvalue weighted by Gasteiger charge is 2.50. The van der Waals surface area contributed by atoms with Crippen molar-refractivity contribution in [2.24, 2.45) is 0 Å². The Hall–Kier alpha value is -2.37. The minimum atomic E-state index is -0.721. The Labute approximate surface area is 110 Å². The molecule has 2 aliphatic rings. The van der Waals surface area contributed by atoms with Gasteiger partial charge in [0, 0.05) is 12.7 Å². The maximum absolute atomic E-state index is 12.3.